The van der Waals surface area contributed by atoms with Crippen LogP contribution in [-0.2, 0) is 13.1 Å². The first-order chi connectivity index (χ1) is 9.45. The van der Waals surface area contributed by atoms with Crippen molar-refractivity contribution in [2.24, 2.45) is 5.92 Å². The molecule has 0 amide bonds. The van der Waals surface area contributed by atoms with Gasteiger partial charge in [-0.1, -0.05) is 48.8 Å². The molecule has 0 saturated heterocycles. The normalized spacial score (nSPS) is 13.2. The van der Waals surface area contributed by atoms with E-state index in [1.54, 1.807) is 0 Å². The van der Waals surface area contributed by atoms with Crippen molar-refractivity contribution in [3.05, 3.63) is 33.8 Å². The molecule has 0 aliphatic carbocycles. The van der Waals surface area contributed by atoms with Crippen LogP contribution < -0.4 is 5.32 Å². The van der Waals surface area contributed by atoms with E-state index in [0.29, 0.717) is 12.0 Å². The van der Waals surface area contributed by atoms with Gasteiger partial charge in [-0.2, -0.15) is 0 Å². The lowest BCUT2D eigenvalue weighted by molar-refractivity contribution is 0.200. The Morgan fingerprint density at radius 2 is 1.95 bits per heavy atom. The second-order valence-electron chi connectivity index (χ2n) is 6.00. The molecule has 3 heteroatoms. The van der Waals surface area contributed by atoms with Gasteiger partial charge in [0.05, 0.1) is 0 Å². The standard InChI is InChI=1S/C17H29BrN2/c1-6-9-19-11-15-7-8-16(17(18)10-15)12-20(5)14(4)13(2)3/h7-8,10,13-14,19H,6,9,11-12H2,1-5H3. The molecule has 20 heavy (non-hydrogen) atoms. The van der Waals surface area contributed by atoms with Crippen LogP contribution in [0.2, 0.25) is 0 Å². The molecule has 1 aromatic carbocycles. The average Bonchev–Trinajstić information content (AvgIpc) is 2.41. The predicted octanol–water partition coefficient (Wildman–Crippen LogP) is 4.43. The van der Waals surface area contributed by atoms with Crippen molar-refractivity contribution in [3.63, 3.8) is 0 Å². The van der Waals surface area contributed by atoms with Crippen LogP contribution in [-0.4, -0.2) is 24.5 Å². The molecule has 1 atom stereocenters. The summed E-state index contributed by atoms with van der Waals surface area (Å²) >= 11 is 3.72. The second kappa shape index (κ2) is 8.81. The van der Waals surface area contributed by atoms with Gasteiger partial charge in [-0.15, -0.1) is 0 Å². The summed E-state index contributed by atoms with van der Waals surface area (Å²) in [6, 6.07) is 7.31. The minimum Gasteiger partial charge on any atom is -0.313 e. The fourth-order valence-corrected chi connectivity index (χ4v) is 2.71. The number of nitrogens with zero attached hydrogens (tertiary/aromatic N) is 1. The van der Waals surface area contributed by atoms with Gasteiger partial charge in [0.15, 0.2) is 0 Å². The number of hydrogen-bond donors (Lipinski definition) is 1. The molecule has 0 bridgehead atoms. The molecular formula is C17H29BrN2. The monoisotopic (exact) mass is 340 g/mol. The molecule has 0 radical (unpaired) electrons. The minimum absolute atomic E-state index is 0.591. The number of nitrogens with one attached hydrogen (secondary N) is 1. The highest BCUT2D eigenvalue weighted by Gasteiger charge is 2.14. The van der Waals surface area contributed by atoms with Gasteiger partial charge in [-0.25, -0.2) is 0 Å². The van der Waals surface area contributed by atoms with Crippen LogP contribution in [0.1, 0.15) is 45.2 Å². The first kappa shape index (κ1) is 17.7. The molecule has 2 nitrogen and oxygen atoms in total. The molecule has 1 N–H and O–H groups in total. The Morgan fingerprint density at radius 3 is 2.50 bits per heavy atom. The van der Waals surface area contributed by atoms with Crippen LogP contribution in [0.3, 0.4) is 0 Å². The molecule has 0 saturated carbocycles. The smallest absolute Gasteiger partial charge is 0.0244 e. The second-order valence-corrected chi connectivity index (χ2v) is 6.86. The Hall–Kier alpha value is -0.380. The lowest BCUT2D eigenvalue weighted by Crippen LogP contribution is -2.32. The highest BCUT2D eigenvalue weighted by molar-refractivity contribution is 9.10. The molecule has 1 unspecified atom stereocenters. The summed E-state index contributed by atoms with van der Waals surface area (Å²) in [5.74, 6) is 0.677. The van der Waals surface area contributed by atoms with Crippen molar-refractivity contribution < 1.29 is 0 Å². The van der Waals surface area contributed by atoms with Crippen LogP contribution in [0.5, 0.6) is 0 Å². The summed E-state index contributed by atoms with van der Waals surface area (Å²) in [6.07, 6.45) is 1.18. The molecule has 1 aromatic rings. The van der Waals surface area contributed by atoms with E-state index in [9.17, 15) is 0 Å². The Bertz CT molecular complexity index is 404. The molecule has 1 rings (SSSR count). The SMILES string of the molecule is CCCNCc1ccc(CN(C)C(C)C(C)C)c(Br)c1. The van der Waals surface area contributed by atoms with Gasteiger partial charge in [0.2, 0.25) is 0 Å². The summed E-state index contributed by atoms with van der Waals surface area (Å²) in [5.41, 5.74) is 2.70. The average molecular weight is 341 g/mol. The summed E-state index contributed by atoms with van der Waals surface area (Å²) < 4.78 is 1.22. The van der Waals surface area contributed by atoms with Crippen LogP contribution >= 0.6 is 15.9 Å². The van der Waals surface area contributed by atoms with Crippen molar-refractivity contribution in [3.8, 4) is 0 Å². The third-order valence-corrected chi connectivity index (χ3v) is 4.69. The quantitative estimate of drug-likeness (QED) is 0.704. The lowest BCUT2D eigenvalue weighted by atomic mass is 10.0. The van der Waals surface area contributed by atoms with Crippen molar-refractivity contribution in [1.82, 2.24) is 10.2 Å². The van der Waals surface area contributed by atoms with E-state index in [0.717, 1.165) is 19.6 Å². The largest absolute Gasteiger partial charge is 0.313 e. The topological polar surface area (TPSA) is 15.3 Å². The van der Waals surface area contributed by atoms with Gasteiger partial charge in [-0.05, 0) is 50.0 Å². The fourth-order valence-electron chi connectivity index (χ4n) is 2.16. The van der Waals surface area contributed by atoms with E-state index in [1.165, 1.54) is 22.0 Å². The molecule has 0 fully saturated rings. The minimum atomic E-state index is 0.591. The van der Waals surface area contributed by atoms with Crippen LogP contribution in [0.4, 0.5) is 0 Å². The first-order valence-electron chi connectivity index (χ1n) is 7.64. The maximum atomic E-state index is 3.72. The van der Waals surface area contributed by atoms with Crippen LogP contribution in [0, 0.1) is 5.92 Å². The van der Waals surface area contributed by atoms with Crippen LogP contribution in [0.15, 0.2) is 22.7 Å². The zero-order valence-electron chi connectivity index (χ0n) is 13.5. The fraction of sp³-hybridized carbons (Fsp3) is 0.647. The Balaban J connectivity index is 2.63. The summed E-state index contributed by atoms with van der Waals surface area (Å²) in [6.45, 7) is 12.1. The van der Waals surface area contributed by atoms with Crippen molar-refractivity contribution in [1.29, 1.82) is 0 Å². The highest BCUT2D eigenvalue weighted by Crippen LogP contribution is 2.21. The van der Waals surface area contributed by atoms with Gasteiger partial charge in [0.25, 0.3) is 0 Å². The van der Waals surface area contributed by atoms with Crippen molar-refractivity contribution in [2.45, 2.75) is 53.2 Å². The molecule has 0 aliphatic heterocycles. The van der Waals surface area contributed by atoms with E-state index in [2.05, 4.69) is 79.1 Å². The molecule has 0 aromatic heterocycles. The van der Waals surface area contributed by atoms with Crippen molar-refractivity contribution >= 4 is 15.9 Å². The van der Waals surface area contributed by atoms with Gasteiger partial charge in [0, 0.05) is 23.6 Å². The van der Waals surface area contributed by atoms with E-state index >= 15 is 0 Å². The Kier molecular flexibility index (Phi) is 7.78. The van der Waals surface area contributed by atoms with Crippen LogP contribution in [0.25, 0.3) is 0 Å². The lowest BCUT2D eigenvalue weighted by Gasteiger charge is -2.28. The zero-order chi connectivity index (χ0) is 15.1. The summed E-state index contributed by atoms with van der Waals surface area (Å²) in [5, 5.41) is 3.44. The third-order valence-electron chi connectivity index (χ3n) is 3.95. The number of rotatable bonds is 8. The van der Waals surface area contributed by atoms with E-state index < -0.39 is 0 Å². The third kappa shape index (κ3) is 5.55. The molecular weight excluding hydrogens is 312 g/mol. The first-order valence-corrected chi connectivity index (χ1v) is 8.43. The van der Waals surface area contributed by atoms with Gasteiger partial charge in [0.1, 0.15) is 0 Å². The summed E-state index contributed by atoms with van der Waals surface area (Å²) in [4.78, 5) is 2.42. The van der Waals surface area contributed by atoms with Crippen molar-refractivity contribution in [2.75, 3.05) is 13.6 Å². The van der Waals surface area contributed by atoms with Gasteiger partial charge < -0.3 is 5.32 Å². The highest BCUT2D eigenvalue weighted by atomic mass is 79.9. The Labute approximate surface area is 133 Å². The maximum Gasteiger partial charge on any atom is 0.0244 e. The number of benzene rings is 1. The molecule has 0 aliphatic rings. The molecule has 0 heterocycles. The van der Waals surface area contributed by atoms with Gasteiger partial charge >= 0.3 is 0 Å². The van der Waals surface area contributed by atoms with E-state index in [4.69, 9.17) is 0 Å². The summed E-state index contributed by atoms with van der Waals surface area (Å²) in [7, 11) is 2.20. The van der Waals surface area contributed by atoms with E-state index in [1.807, 2.05) is 0 Å². The maximum absolute atomic E-state index is 3.72. The predicted molar refractivity (Wildman–Crippen MR) is 91.9 cm³/mol. The number of hydrogen-bond acceptors (Lipinski definition) is 2. The zero-order valence-corrected chi connectivity index (χ0v) is 15.1. The number of halogens is 1. The Morgan fingerprint density at radius 1 is 1.25 bits per heavy atom. The van der Waals surface area contributed by atoms with Gasteiger partial charge in [-0.3, -0.25) is 4.90 Å². The molecule has 0 spiro atoms. The van der Waals surface area contributed by atoms with E-state index in [-0.39, 0.29) is 0 Å². The molecule has 114 valence electrons.